The third-order valence-corrected chi connectivity index (χ3v) is 2.62. The minimum Gasteiger partial charge on any atom is -0.504 e. The van der Waals surface area contributed by atoms with Gasteiger partial charge in [-0.2, -0.15) is 0 Å². The minimum absolute atomic E-state index is 0.200. The summed E-state index contributed by atoms with van der Waals surface area (Å²) >= 11 is 0. The van der Waals surface area contributed by atoms with Crippen LogP contribution < -0.4 is 5.63 Å². The van der Waals surface area contributed by atoms with E-state index in [1.54, 1.807) is 18.2 Å². The Morgan fingerprint density at radius 3 is 2.56 bits per heavy atom. The fourth-order valence-corrected chi connectivity index (χ4v) is 1.75. The fraction of sp³-hybridized carbons (Fsp3) is 0. The molecular formula is C13H8O5. The van der Waals surface area contributed by atoms with Gasteiger partial charge in [0.15, 0.2) is 11.5 Å². The summed E-state index contributed by atoms with van der Waals surface area (Å²) in [5.41, 5.74) is -0.106. The number of hydrogen-bond acceptors (Lipinski definition) is 5. The summed E-state index contributed by atoms with van der Waals surface area (Å²) in [5, 5.41) is 19.2. The largest absolute Gasteiger partial charge is 0.504 e. The molecule has 2 aromatic heterocycles. The van der Waals surface area contributed by atoms with Gasteiger partial charge in [0.2, 0.25) is 0 Å². The quantitative estimate of drug-likeness (QED) is 0.507. The van der Waals surface area contributed by atoms with E-state index in [1.165, 1.54) is 18.4 Å². The predicted molar refractivity (Wildman–Crippen MR) is 63.5 cm³/mol. The Morgan fingerprint density at radius 2 is 1.83 bits per heavy atom. The lowest BCUT2D eigenvalue weighted by molar-refractivity contribution is 0.403. The SMILES string of the molecule is O=c1oc2cc(O)c(O)cc2cc1-c1ccco1. The van der Waals surface area contributed by atoms with Gasteiger partial charge >= 0.3 is 5.63 Å². The van der Waals surface area contributed by atoms with Crippen LogP contribution in [0.3, 0.4) is 0 Å². The summed E-state index contributed by atoms with van der Waals surface area (Å²) in [5.74, 6) is -0.226. The van der Waals surface area contributed by atoms with Crippen molar-refractivity contribution in [3.63, 3.8) is 0 Å². The van der Waals surface area contributed by atoms with Crippen LogP contribution in [0.2, 0.25) is 0 Å². The molecular weight excluding hydrogens is 236 g/mol. The van der Waals surface area contributed by atoms with E-state index in [0.717, 1.165) is 0 Å². The first kappa shape index (κ1) is 10.5. The summed E-state index contributed by atoms with van der Waals surface area (Å²) in [6.45, 7) is 0. The van der Waals surface area contributed by atoms with Crippen molar-refractivity contribution in [3.8, 4) is 22.8 Å². The van der Waals surface area contributed by atoms with Crippen LogP contribution in [0.25, 0.3) is 22.3 Å². The number of fused-ring (bicyclic) bond motifs is 1. The molecule has 0 saturated carbocycles. The molecule has 0 bridgehead atoms. The first-order valence-corrected chi connectivity index (χ1v) is 5.19. The average molecular weight is 244 g/mol. The maximum Gasteiger partial charge on any atom is 0.347 e. The predicted octanol–water partition coefficient (Wildman–Crippen LogP) is 2.46. The molecule has 0 aliphatic carbocycles. The summed E-state index contributed by atoms with van der Waals surface area (Å²) in [4.78, 5) is 11.8. The summed E-state index contributed by atoms with van der Waals surface area (Å²) in [6, 6.07) is 7.35. The number of phenolic OH excluding ortho intramolecular Hbond substituents is 2. The summed E-state index contributed by atoms with van der Waals surface area (Å²) in [7, 11) is 0. The Morgan fingerprint density at radius 1 is 1.06 bits per heavy atom. The second kappa shape index (κ2) is 3.66. The molecule has 0 fully saturated rings. The second-order valence-corrected chi connectivity index (χ2v) is 3.80. The number of hydrogen-bond donors (Lipinski definition) is 2. The highest BCUT2D eigenvalue weighted by Crippen LogP contribution is 2.31. The molecule has 0 aliphatic heterocycles. The van der Waals surface area contributed by atoms with Gasteiger partial charge in [-0.3, -0.25) is 0 Å². The highest BCUT2D eigenvalue weighted by molar-refractivity contribution is 5.83. The number of aromatic hydroxyl groups is 2. The molecule has 90 valence electrons. The maximum atomic E-state index is 11.8. The molecule has 0 atom stereocenters. The number of phenols is 2. The average Bonchev–Trinajstić information content (AvgIpc) is 2.84. The Hall–Kier alpha value is -2.69. The van der Waals surface area contributed by atoms with E-state index >= 15 is 0 Å². The zero-order valence-corrected chi connectivity index (χ0v) is 9.08. The maximum absolute atomic E-state index is 11.8. The van der Waals surface area contributed by atoms with E-state index in [4.69, 9.17) is 8.83 Å². The molecule has 3 rings (SSSR count). The first-order valence-electron chi connectivity index (χ1n) is 5.19. The van der Waals surface area contributed by atoms with Crippen molar-refractivity contribution in [2.75, 3.05) is 0 Å². The molecule has 3 aromatic rings. The Bertz CT molecular complexity index is 768. The monoisotopic (exact) mass is 244 g/mol. The summed E-state index contributed by atoms with van der Waals surface area (Å²) in [6.07, 6.45) is 1.45. The zero-order chi connectivity index (χ0) is 12.7. The highest BCUT2D eigenvalue weighted by atomic mass is 16.4. The van der Waals surface area contributed by atoms with Gasteiger partial charge < -0.3 is 19.0 Å². The van der Waals surface area contributed by atoms with Gasteiger partial charge in [0.25, 0.3) is 0 Å². The molecule has 0 spiro atoms. The van der Waals surface area contributed by atoms with Gasteiger partial charge in [-0.25, -0.2) is 4.79 Å². The van der Waals surface area contributed by atoms with Gasteiger partial charge in [-0.15, -0.1) is 0 Å². The first-order chi connectivity index (χ1) is 8.65. The Balaban J connectivity index is 2.33. The third kappa shape index (κ3) is 1.53. The van der Waals surface area contributed by atoms with Crippen LogP contribution in [0.15, 0.2) is 50.2 Å². The van der Waals surface area contributed by atoms with Crippen molar-refractivity contribution in [1.82, 2.24) is 0 Å². The highest BCUT2D eigenvalue weighted by Gasteiger charge is 2.12. The van der Waals surface area contributed by atoms with Gasteiger partial charge in [0.1, 0.15) is 16.9 Å². The molecule has 1 aromatic carbocycles. The van der Waals surface area contributed by atoms with Crippen molar-refractivity contribution in [1.29, 1.82) is 0 Å². The fourth-order valence-electron chi connectivity index (χ4n) is 1.75. The van der Waals surface area contributed by atoms with Crippen molar-refractivity contribution in [3.05, 3.63) is 47.0 Å². The van der Waals surface area contributed by atoms with Crippen LogP contribution in [-0.2, 0) is 0 Å². The molecule has 2 N–H and O–H groups in total. The van der Waals surface area contributed by atoms with E-state index in [0.29, 0.717) is 11.1 Å². The van der Waals surface area contributed by atoms with E-state index < -0.39 is 5.63 Å². The lowest BCUT2D eigenvalue weighted by Gasteiger charge is -2.02. The molecule has 5 nitrogen and oxygen atoms in total. The molecule has 0 unspecified atom stereocenters. The smallest absolute Gasteiger partial charge is 0.347 e. The number of furan rings is 1. The van der Waals surface area contributed by atoms with E-state index in [9.17, 15) is 15.0 Å². The van der Waals surface area contributed by atoms with Gasteiger partial charge in [0.05, 0.1) is 6.26 Å². The Kier molecular flexibility index (Phi) is 2.13. The van der Waals surface area contributed by atoms with Gasteiger partial charge in [-0.05, 0) is 24.3 Å². The lowest BCUT2D eigenvalue weighted by atomic mass is 10.1. The van der Waals surface area contributed by atoms with Crippen LogP contribution in [0.1, 0.15) is 0 Å². The van der Waals surface area contributed by atoms with E-state index in [2.05, 4.69) is 0 Å². The number of benzene rings is 1. The molecule has 2 heterocycles. The van der Waals surface area contributed by atoms with Crippen molar-refractivity contribution >= 4 is 11.0 Å². The van der Waals surface area contributed by atoms with Crippen LogP contribution in [-0.4, -0.2) is 10.2 Å². The zero-order valence-electron chi connectivity index (χ0n) is 9.08. The molecule has 5 heteroatoms. The minimum atomic E-state index is -0.567. The van der Waals surface area contributed by atoms with E-state index in [1.807, 2.05) is 0 Å². The molecule has 0 amide bonds. The molecule has 0 radical (unpaired) electrons. The molecule has 18 heavy (non-hydrogen) atoms. The van der Waals surface area contributed by atoms with E-state index in [-0.39, 0.29) is 22.6 Å². The third-order valence-electron chi connectivity index (χ3n) is 2.62. The second-order valence-electron chi connectivity index (χ2n) is 3.80. The van der Waals surface area contributed by atoms with Gasteiger partial charge in [-0.1, -0.05) is 0 Å². The Labute approximate surface area is 101 Å². The van der Waals surface area contributed by atoms with Gasteiger partial charge in [0, 0.05) is 11.5 Å². The van der Waals surface area contributed by atoms with Crippen molar-refractivity contribution in [2.45, 2.75) is 0 Å². The van der Waals surface area contributed by atoms with Crippen molar-refractivity contribution < 1.29 is 19.0 Å². The topological polar surface area (TPSA) is 83.8 Å². The normalized spacial score (nSPS) is 10.9. The van der Waals surface area contributed by atoms with Crippen molar-refractivity contribution in [2.24, 2.45) is 0 Å². The molecule has 0 aliphatic rings. The summed E-state index contributed by atoms with van der Waals surface area (Å²) < 4.78 is 10.2. The van der Waals surface area contributed by atoms with Crippen LogP contribution >= 0.6 is 0 Å². The number of rotatable bonds is 1. The standard InChI is InChI=1S/C13H8O5/c14-9-5-7-4-8(11-2-1-3-17-11)13(16)18-12(7)6-10(9)15/h1-6,14-15H. The van der Waals surface area contributed by atoms with Crippen LogP contribution in [0.5, 0.6) is 11.5 Å². The lowest BCUT2D eigenvalue weighted by Crippen LogP contribution is -2.01. The van der Waals surface area contributed by atoms with Crippen LogP contribution in [0.4, 0.5) is 0 Å². The van der Waals surface area contributed by atoms with Crippen LogP contribution in [0, 0.1) is 0 Å². The molecule has 0 saturated heterocycles.